The first-order chi connectivity index (χ1) is 8.15. The molecular weight excluding hydrogens is 324 g/mol. The van der Waals surface area contributed by atoms with Gasteiger partial charge in [-0.15, -0.1) is 11.3 Å². The fraction of sp³-hybridized carbons (Fsp3) is 0.545. The van der Waals surface area contributed by atoms with E-state index in [1.807, 2.05) is 6.07 Å². The second-order valence-electron chi connectivity index (χ2n) is 3.91. The average Bonchev–Trinajstić information content (AvgIpc) is 2.89. The number of halogens is 1. The van der Waals surface area contributed by atoms with E-state index >= 15 is 0 Å². The minimum atomic E-state index is -1.11. The summed E-state index contributed by atoms with van der Waals surface area (Å²) in [6.07, 6.45) is 2.08. The minimum absolute atomic E-state index is 0.0444. The zero-order valence-corrected chi connectivity index (χ0v) is 12.4. The third-order valence-electron chi connectivity index (χ3n) is 2.54. The van der Waals surface area contributed by atoms with Crippen molar-refractivity contribution < 1.29 is 13.7 Å². The Morgan fingerprint density at radius 2 is 2.41 bits per heavy atom. The summed E-state index contributed by atoms with van der Waals surface area (Å²) in [5.41, 5.74) is 0. The van der Waals surface area contributed by atoms with Gasteiger partial charge < -0.3 is 4.74 Å². The van der Waals surface area contributed by atoms with Gasteiger partial charge in [0, 0.05) is 17.4 Å². The van der Waals surface area contributed by atoms with Gasteiger partial charge in [-0.25, -0.2) is 0 Å². The van der Waals surface area contributed by atoms with Crippen molar-refractivity contribution in [3.8, 4) is 0 Å². The summed E-state index contributed by atoms with van der Waals surface area (Å²) in [4.78, 5) is 12.5. The molecule has 6 heteroatoms. The van der Waals surface area contributed by atoms with Crippen LogP contribution in [0.3, 0.4) is 0 Å². The molecule has 3 nitrogen and oxygen atoms in total. The predicted octanol–water partition coefficient (Wildman–Crippen LogP) is 2.62. The van der Waals surface area contributed by atoms with Crippen LogP contribution >= 0.6 is 27.3 Å². The molecule has 0 radical (unpaired) electrons. The van der Waals surface area contributed by atoms with E-state index in [0.29, 0.717) is 10.6 Å². The predicted molar refractivity (Wildman–Crippen MR) is 73.2 cm³/mol. The van der Waals surface area contributed by atoms with Gasteiger partial charge in [0.15, 0.2) is 5.78 Å². The molecule has 1 fully saturated rings. The number of carbonyl (C=O) groups is 1. The van der Waals surface area contributed by atoms with Crippen LogP contribution in [-0.4, -0.2) is 34.2 Å². The fourth-order valence-corrected chi connectivity index (χ4v) is 4.38. The smallest absolute Gasteiger partial charge is 0.185 e. The van der Waals surface area contributed by atoms with E-state index in [1.165, 1.54) is 11.3 Å². The second kappa shape index (κ2) is 6.22. The van der Waals surface area contributed by atoms with Crippen molar-refractivity contribution in [3.63, 3.8) is 0 Å². The summed E-state index contributed by atoms with van der Waals surface area (Å²) >= 11 is 4.69. The van der Waals surface area contributed by atoms with Crippen molar-refractivity contribution in [1.29, 1.82) is 0 Å². The Balaban J connectivity index is 1.83. The highest BCUT2D eigenvalue weighted by Gasteiger charge is 2.20. The first kappa shape index (κ1) is 13.4. The topological polar surface area (TPSA) is 43.4 Å². The molecule has 1 aliphatic rings. The Kier molecular flexibility index (Phi) is 4.90. The Morgan fingerprint density at radius 3 is 3.00 bits per heavy atom. The van der Waals surface area contributed by atoms with Gasteiger partial charge in [-0.05, 0) is 40.9 Å². The van der Waals surface area contributed by atoms with Gasteiger partial charge in [-0.3, -0.25) is 9.00 Å². The highest BCUT2D eigenvalue weighted by atomic mass is 79.9. The third kappa shape index (κ3) is 3.98. The molecule has 2 rings (SSSR count). The maximum absolute atomic E-state index is 11.8. The lowest BCUT2D eigenvalue weighted by atomic mass is 10.3. The monoisotopic (exact) mass is 336 g/mol. The zero-order chi connectivity index (χ0) is 12.3. The molecule has 0 amide bonds. The third-order valence-corrected chi connectivity index (χ3v) is 5.53. The van der Waals surface area contributed by atoms with Crippen molar-refractivity contribution in [1.82, 2.24) is 0 Å². The van der Waals surface area contributed by atoms with Gasteiger partial charge in [-0.2, -0.15) is 0 Å². The first-order valence-corrected chi connectivity index (χ1v) is 8.50. The van der Waals surface area contributed by atoms with Crippen LogP contribution in [0.2, 0.25) is 0 Å². The van der Waals surface area contributed by atoms with E-state index in [1.54, 1.807) is 6.07 Å². The average molecular weight is 337 g/mol. The lowest BCUT2D eigenvalue weighted by Crippen LogP contribution is -2.20. The van der Waals surface area contributed by atoms with Gasteiger partial charge >= 0.3 is 0 Å². The van der Waals surface area contributed by atoms with Crippen LogP contribution in [0.15, 0.2) is 15.9 Å². The SMILES string of the molecule is O=C(CS(=O)CC1CCCO1)c1ccc(Br)s1. The standard InChI is InChI=1S/C11H13BrO3S2/c12-11-4-3-10(16-11)9(13)7-17(14)6-8-2-1-5-15-8/h3-4,8H,1-2,5-7H2. The number of ether oxygens (including phenoxy) is 1. The zero-order valence-electron chi connectivity index (χ0n) is 9.19. The highest BCUT2D eigenvalue weighted by Crippen LogP contribution is 2.22. The summed E-state index contributed by atoms with van der Waals surface area (Å²) in [7, 11) is -1.11. The van der Waals surface area contributed by atoms with Crippen LogP contribution in [0.4, 0.5) is 0 Å². The quantitative estimate of drug-likeness (QED) is 0.776. The minimum Gasteiger partial charge on any atom is -0.377 e. The maximum atomic E-state index is 11.8. The van der Waals surface area contributed by atoms with Crippen LogP contribution in [0.5, 0.6) is 0 Å². The normalized spacial score (nSPS) is 21.6. The van der Waals surface area contributed by atoms with Crippen molar-refractivity contribution in [2.24, 2.45) is 0 Å². The number of carbonyl (C=O) groups excluding carboxylic acids is 1. The molecule has 0 aromatic carbocycles. The first-order valence-electron chi connectivity index (χ1n) is 5.40. The lowest BCUT2D eigenvalue weighted by Gasteiger charge is -2.07. The van der Waals surface area contributed by atoms with Crippen LogP contribution in [-0.2, 0) is 15.5 Å². The Bertz CT molecular complexity index is 424. The number of Topliss-reactive ketones (excluding diaryl/α,β-unsaturated/α-hetero) is 1. The molecule has 0 bridgehead atoms. The summed E-state index contributed by atoms with van der Waals surface area (Å²) in [5, 5.41) is 0. The van der Waals surface area contributed by atoms with Gasteiger partial charge in [-0.1, -0.05) is 0 Å². The molecule has 2 atom stereocenters. The molecule has 94 valence electrons. The van der Waals surface area contributed by atoms with E-state index in [0.717, 1.165) is 23.2 Å². The Morgan fingerprint density at radius 1 is 1.59 bits per heavy atom. The molecule has 2 unspecified atom stereocenters. The highest BCUT2D eigenvalue weighted by molar-refractivity contribution is 9.11. The van der Waals surface area contributed by atoms with Crippen LogP contribution in [0, 0.1) is 0 Å². The van der Waals surface area contributed by atoms with Crippen molar-refractivity contribution in [3.05, 3.63) is 20.8 Å². The largest absolute Gasteiger partial charge is 0.377 e. The number of thiophene rings is 1. The number of rotatable bonds is 5. The molecule has 17 heavy (non-hydrogen) atoms. The molecule has 1 aromatic heterocycles. The molecule has 1 aromatic rings. The molecule has 1 aliphatic heterocycles. The second-order valence-corrected chi connectivity index (χ2v) is 7.88. The van der Waals surface area contributed by atoms with E-state index in [4.69, 9.17) is 4.74 Å². The van der Waals surface area contributed by atoms with Gasteiger partial charge in [0.25, 0.3) is 0 Å². The fourth-order valence-electron chi connectivity index (χ4n) is 1.72. The van der Waals surface area contributed by atoms with E-state index in [2.05, 4.69) is 15.9 Å². The summed E-state index contributed by atoms with van der Waals surface area (Å²) in [6.45, 7) is 0.758. The van der Waals surface area contributed by atoms with Crippen molar-refractivity contribution in [2.45, 2.75) is 18.9 Å². The van der Waals surface area contributed by atoms with E-state index in [-0.39, 0.29) is 17.6 Å². The molecule has 1 saturated heterocycles. The lowest BCUT2D eigenvalue weighted by molar-refractivity contribution is 0.102. The number of hydrogen-bond donors (Lipinski definition) is 0. The van der Waals surface area contributed by atoms with E-state index < -0.39 is 10.8 Å². The number of hydrogen-bond acceptors (Lipinski definition) is 4. The molecule has 2 heterocycles. The summed E-state index contributed by atoms with van der Waals surface area (Å²) in [5.74, 6) is 0.544. The van der Waals surface area contributed by atoms with Crippen LogP contribution < -0.4 is 0 Å². The Labute approximate surface area is 115 Å². The maximum Gasteiger partial charge on any atom is 0.185 e. The molecule has 0 aliphatic carbocycles. The molecule has 0 spiro atoms. The molecule has 0 N–H and O–H groups in total. The number of ketones is 1. The summed E-state index contributed by atoms with van der Waals surface area (Å²) in [6, 6.07) is 3.60. The van der Waals surface area contributed by atoms with Gasteiger partial charge in [0.1, 0.15) is 0 Å². The molecule has 0 saturated carbocycles. The van der Waals surface area contributed by atoms with Crippen LogP contribution in [0.25, 0.3) is 0 Å². The van der Waals surface area contributed by atoms with Crippen molar-refractivity contribution >= 4 is 43.8 Å². The van der Waals surface area contributed by atoms with Gasteiger partial charge in [0.05, 0.1) is 26.3 Å². The van der Waals surface area contributed by atoms with Gasteiger partial charge in [0.2, 0.25) is 0 Å². The van der Waals surface area contributed by atoms with Crippen LogP contribution in [0.1, 0.15) is 22.5 Å². The molecular formula is C11H13BrO3S2. The summed E-state index contributed by atoms with van der Waals surface area (Å²) < 4.78 is 18.1. The van der Waals surface area contributed by atoms with E-state index in [9.17, 15) is 9.00 Å². The Hall–Kier alpha value is -0.0400. The van der Waals surface area contributed by atoms with Crippen molar-refractivity contribution in [2.75, 3.05) is 18.1 Å².